The number of hydrogen-bond acceptors (Lipinski definition) is 4. The minimum absolute atomic E-state index is 0.265. The van der Waals surface area contributed by atoms with Crippen molar-refractivity contribution >= 4 is 40.3 Å². The number of carbonyl (C=O) groups is 2. The summed E-state index contributed by atoms with van der Waals surface area (Å²) in [5, 5.41) is 9.88. The summed E-state index contributed by atoms with van der Waals surface area (Å²) in [5.41, 5.74) is 3.94. The first-order valence-corrected chi connectivity index (χ1v) is 8.07. The Kier molecular flexibility index (Phi) is 4.83. The molecule has 6 nitrogen and oxygen atoms in total. The number of aromatic nitrogens is 1. The predicted molar refractivity (Wildman–Crippen MR) is 95.6 cm³/mol. The van der Waals surface area contributed by atoms with Crippen molar-refractivity contribution in [3.05, 3.63) is 71.2 Å². The quantitative estimate of drug-likeness (QED) is 0.671. The van der Waals surface area contributed by atoms with Gasteiger partial charge in [-0.05, 0) is 36.4 Å². The van der Waals surface area contributed by atoms with Gasteiger partial charge in [0.1, 0.15) is 5.69 Å². The number of nitrogens with zero attached hydrogens (tertiary/aromatic N) is 1. The van der Waals surface area contributed by atoms with Crippen molar-refractivity contribution in [2.45, 2.75) is 0 Å². The number of benzene rings is 2. The summed E-state index contributed by atoms with van der Waals surface area (Å²) in [6.07, 6.45) is 0. The maximum atomic E-state index is 11.9. The fourth-order valence-corrected chi connectivity index (χ4v) is 2.50. The first-order valence-electron chi connectivity index (χ1n) is 7.13. The van der Waals surface area contributed by atoms with Crippen LogP contribution in [0.5, 0.6) is 0 Å². The Labute approximate surface area is 142 Å². The molecule has 120 valence electrons. The molecule has 0 aliphatic rings. The Hall–Kier alpha value is -3.19. The predicted octanol–water partition coefficient (Wildman–Crippen LogP) is 4.04. The lowest BCUT2D eigenvalue weighted by Crippen LogP contribution is -2.19. The molecule has 0 unspecified atom stereocenters. The van der Waals surface area contributed by atoms with Gasteiger partial charge in [0.05, 0.1) is 5.51 Å². The highest BCUT2D eigenvalue weighted by Crippen LogP contribution is 2.15. The maximum absolute atomic E-state index is 11.9. The molecular formula is C17H14N4O2S. The molecule has 0 atom stereocenters. The second kappa shape index (κ2) is 7.38. The highest BCUT2D eigenvalue weighted by molar-refractivity contribution is 7.07. The molecule has 0 aliphatic heterocycles. The van der Waals surface area contributed by atoms with Crippen LogP contribution in [0.1, 0.15) is 10.5 Å². The van der Waals surface area contributed by atoms with Crippen LogP contribution >= 0.6 is 11.3 Å². The minimum Gasteiger partial charge on any atom is -0.321 e. The monoisotopic (exact) mass is 338 g/mol. The first kappa shape index (κ1) is 15.7. The number of rotatable bonds is 4. The van der Waals surface area contributed by atoms with E-state index >= 15 is 0 Å². The van der Waals surface area contributed by atoms with Crippen LogP contribution in [-0.4, -0.2) is 16.9 Å². The molecule has 7 heteroatoms. The Bertz CT molecular complexity index is 818. The number of thiazole rings is 1. The van der Waals surface area contributed by atoms with Crippen LogP contribution < -0.4 is 16.0 Å². The Morgan fingerprint density at radius 2 is 1.38 bits per heavy atom. The molecule has 0 aliphatic carbocycles. The van der Waals surface area contributed by atoms with Crippen LogP contribution in [0.15, 0.2) is 65.5 Å². The van der Waals surface area contributed by atoms with Gasteiger partial charge in [-0.2, -0.15) is 0 Å². The average Bonchev–Trinajstić information content (AvgIpc) is 3.12. The van der Waals surface area contributed by atoms with Gasteiger partial charge >= 0.3 is 6.03 Å². The molecule has 0 saturated heterocycles. The number of anilines is 3. The van der Waals surface area contributed by atoms with Gasteiger partial charge in [-0.25, -0.2) is 9.78 Å². The first-order chi connectivity index (χ1) is 11.7. The van der Waals surface area contributed by atoms with E-state index in [9.17, 15) is 9.59 Å². The van der Waals surface area contributed by atoms with Crippen LogP contribution in [-0.2, 0) is 0 Å². The van der Waals surface area contributed by atoms with Crippen LogP contribution in [0.4, 0.5) is 21.9 Å². The molecule has 0 saturated carbocycles. The lowest BCUT2D eigenvalue weighted by atomic mass is 10.2. The molecule has 2 aromatic carbocycles. The van der Waals surface area contributed by atoms with Crippen molar-refractivity contribution in [1.82, 2.24) is 4.98 Å². The fraction of sp³-hybridized carbons (Fsp3) is 0. The number of hydrogen-bond donors (Lipinski definition) is 3. The maximum Gasteiger partial charge on any atom is 0.323 e. The van der Waals surface area contributed by atoms with E-state index in [4.69, 9.17) is 0 Å². The van der Waals surface area contributed by atoms with Crippen molar-refractivity contribution in [3.8, 4) is 0 Å². The van der Waals surface area contributed by atoms with Crippen molar-refractivity contribution in [1.29, 1.82) is 0 Å². The molecule has 3 aromatic rings. The van der Waals surface area contributed by atoms with Gasteiger partial charge in [0.15, 0.2) is 0 Å². The van der Waals surface area contributed by atoms with E-state index in [1.807, 2.05) is 18.2 Å². The highest BCUT2D eigenvalue weighted by atomic mass is 32.1. The van der Waals surface area contributed by atoms with Gasteiger partial charge in [-0.15, -0.1) is 11.3 Å². The Morgan fingerprint density at radius 3 is 1.96 bits per heavy atom. The van der Waals surface area contributed by atoms with Gasteiger partial charge < -0.3 is 16.0 Å². The second-order valence-electron chi connectivity index (χ2n) is 4.85. The fourth-order valence-electron chi connectivity index (χ4n) is 1.97. The zero-order chi connectivity index (χ0) is 16.8. The summed E-state index contributed by atoms with van der Waals surface area (Å²) in [6.45, 7) is 0. The van der Waals surface area contributed by atoms with Crippen LogP contribution in [0.3, 0.4) is 0 Å². The summed E-state index contributed by atoms with van der Waals surface area (Å²) in [5.74, 6) is -0.265. The minimum atomic E-state index is -0.333. The molecule has 0 bridgehead atoms. The highest BCUT2D eigenvalue weighted by Gasteiger charge is 2.08. The molecule has 3 rings (SSSR count). The van der Waals surface area contributed by atoms with E-state index < -0.39 is 0 Å². The largest absolute Gasteiger partial charge is 0.323 e. The third-order valence-electron chi connectivity index (χ3n) is 3.10. The molecule has 1 heterocycles. The average molecular weight is 338 g/mol. The molecular weight excluding hydrogens is 324 g/mol. The van der Waals surface area contributed by atoms with Crippen molar-refractivity contribution < 1.29 is 9.59 Å². The van der Waals surface area contributed by atoms with E-state index in [0.29, 0.717) is 22.8 Å². The number of para-hydroxylation sites is 1. The molecule has 24 heavy (non-hydrogen) atoms. The van der Waals surface area contributed by atoms with Crippen LogP contribution in [0.2, 0.25) is 0 Å². The normalized spacial score (nSPS) is 10.0. The number of urea groups is 1. The summed E-state index contributed by atoms with van der Waals surface area (Å²) in [4.78, 5) is 27.7. The van der Waals surface area contributed by atoms with Gasteiger partial charge in [-0.1, -0.05) is 18.2 Å². The van der Waals surface area contributed by atoms with Gasteiger partial charge in [0, 0.05) is 22.4 Å². The van der Waals surface area contributed by atoms with Crippen LogP contribution in [0.25, 0.3) is 0 Å². The van der Waals surface area contributed by atoms with Crippen molar-refractivity contribution in [3.63, 3.8) is 0 Å². The lowest BCUT2D eigenvalue weighted by molar-refractivity contribution is 0.102. The van der Waals surface area contributed by atoms with Crippen molar-refractivity contribution in [2.24, 2.45) is 0 Å². The summed E-state index contributed by atoms with van der Waals surface area (Å²) >= 11 is 1.36. The third-order valence-corrected chi connectivity index (χ3v) is 3.68. The zero-order valence-corrected chi connectivity index (χ0v) is 13.3. The summed E-state index contributed by atoms with van der Waals surface area (Å²) < 4.78 is 0. The SMILES string of the molecule is O=C(Nc1ccccc1)Nc1ccc(NC(=O)c2cscn2)cc1. The van der Waals surface area contributed by atoms with E-state index in [1.54, 1.807) is 47.3 Å². The van der Waals surface area contributed by atoms with E-state index in [-0.39, 0.29) is 11.9 Å². The van der Waals surface area contributed by atoms with Gasteiger partial charge in [-0.3, -0.25) is 4.79 Å². The molecule has 1 aromatic heterocycles. The number of nitrogens with one attached hydrogen (secondary N) is 3. The van der Waals surface area contributed by atoms with E-state index in [1.165, 1.54) is 11.3 Å². The number of carbonyl (C=O) groups excluding carboxylic acids is 2. The Morgan fingerprint density at radius 1 is 0.792 bits per heavy atom. The molecule has 0 fully saturated rings. The zero-order valence-electron chi connectivity index (χ0n) is 12.5. The molecule has 3 N–H and O–H groups in total. The standard InChI is InChI=1S/C17H14N4O2S/c22-16(15-10-24-11-18-15)19-13-6-8-14(9-7-13)21-17(23)20-12-4-2-1-3-5-12/h1-11H,(H,19,22)(H2,20,21,23). The molecule has 3 amide bonds. The van der Waals surface area contributed by atoms with Crippen molar-refractivity contribution in [2.75, 3.05) is 16.0 Å². The second-order valence-corrected chi connectivity index (χ2v) is 5.57. The Balaban J connectivity index is 1.56. The summed E-state index contributed by atoms with van der Waals surface area (Å²) in [6, 6.07) is 15.7. The molecule has 0 radical (unpaired) electrons. The van der Waals surface area contributed by atoms with E-state index in [0.717, 1.165) is 0 Å². The van der Waals surface area contributed by atoms with Gasteiger partial charge in [0.2, 0.25) is 0 Å². The van der Waals surface area contributed by atoms with E-state index in [2.05, 4.69) is 20.9 Å². The van der Waals surface area contributed by atoms with Crippen LogP contribution in [0, 0.1) is 0 Å². The molecule has 0 spiro atoms. The van der Waals surface area contributed by atoms with Gasteiger partial charge in [0.25, 0.3) is 5.91 Å². The third kappa shape index (κ3) is 4.17. The smallest absolute Gasteiger partial charge is 0.321 e. The topological polar surface area (TPSA) is 83.1 Å². The summed E-state index contributed by atoms with van der Waals surface area (Å²) in [7, 11) is 0. The lowest BCUT2D eigenvalue weighted by Gasteiger charge is -2.08. The number of amides is 3.